The van der Waals surface area contributed by atoms with E-state index in [4.69, 9.17) is 15.2 Å². The predicted molar refractivity (Wildman–Crippen MR) is 78.4 cm³/mol. The molecule has 0 aliphatic carbocycles. The Morgan fingerprint density at radius 3 is 2.45 bits per heavy atom. The monoisotopic (exact) mass is 272 g/mol. The summed E-state index contributed by atoms with van der Waals surface area (Å²) in [6, 6.07) is 12.1. The zero-order valence-electron chi connectivity index (χ0n) is 11.3. The number of hydrogen-bond donors (Lipinski definition) is 2. The minimum atomic E-state index is -0.286. The number of ether oxygens (including phenoxy) is 2. The Balaban J connectivity index is 2.28. The maximum absolute atomic E-state index is 12.3. The Bertz CT molecular complexity index is 626. The molecule has 2 aromatic rings. The third kappa shape index (κ3) is 2.83. The fourth-order valence-electron chi connectivity index (χ4n) is 1.83. The highest BCUT2D eigenvalue weighted by Gasteiger charge is 2.14. The molecule has 5 nitrogen and oxygen atoms in total. The smallest absolute Gasteiger partial charge is 0.259 e. The van der Waals surface area contributed by atoms with E-state index in [-0.39, 0.29) is 5.91 Å². The van der Waals surface area contributed by atoms with Crippen molar-refractivity contribution in [2.45, 2.75) is 0 Å². The normalized spacial score (nSPS) is 9.90. The molecule has 2 aromatic carbocycles. The van der Waals surface area contributed by atoms with Gasteiger partial charge in [0.1, 0.15) is 11.5 Å². The first-order valence-corrected chi connectivity index (χ1v) is 6.03. The molecule has 5 heteroatoms. The first-order valence-electron chi connectivity index (χ1n) is 6.03. The van der Waals surface area contributed by atoms with Gasteiger partial charge in [-0.15, -0.1) is 0 Å². The van der Waals surface area contributed by atoms with Crippen LogP contribution in [0.2, 0.25) is 0 Å². The largest absolute Gasteiger partial charge is 0.496 e. The number of para-hydroxylation sites is 2. The zero-order valence-corrected chi connectivity index (χ0v) is 11.3. The molecular formula is C15H16N2O3. The van der Waals surface area contributed by atoms with E-state index in [1.165, 1.54) is 7.11 Å². The summed E-state index contributed by atoms with van der Waals surface area (Å²) >= 11 is 0. The molecule has 0 fully saturated rings. The Labute approximate surface area is 117 Å². The molecule has 0 atom stereocenters. The van der Waals surface area contributed by atoms with Crippen molar-refractivity contribution in [3.8, 4) is 11.5 Å². The maximum atomic E-state index is 12.3. The van der Waals surface area contributed by atoms with Crippen LogP contribution in [0.1, 0.15) is 10.4 Å². The minimum Gasteiger partial charge on any atom is -0.496 e. The van der Waals surface area contributed by atoms with Crippen LogP contribution in [0.15, 0.2) is 42.5 Å². The quantitative estimate of drug-likeness (QED) is 0.839. The van der Waals surface area contributed by atoms with Crippen LogP contribution in [0.25, 0.3) is 0 Å². The number of anilines is 2. The predicted octanol–water partition coefficient (Wildman–Crippen LogP) is 2.54. The van der Waals surface area contributed by atoms with Crippen LogP contribution >= 0.6 is 0 Å². The highest BCUT2D eigenvalue weighted by atomic mass is 16.5. The number of hydrogen-bond acceptors (Lipinski definition) is 4. The number of nitrogens with two attached hydrogens (primary N) is 1. The van der Waals surface area contributed by atoms with Crippen molar-refractivity contribution >= 4 is 17.3 Å². The SMILES string of the molecule is COc1ccccc1NC(=O)c1ccc(N)cc1OC. The van der Waals surface area contributed by atoms with Crippen LogP contribution in [0.5, 0.6) is 11.5 Å². The molecule has 20 heavy (non-hydrogen) atoms. The molecule has 2 rings (SSSR count). The van der Waals surface area contributed by atoms with Gasteiger partial charge in [-0.2, -0.15) is 0 Å². The van der Waals surface area contributed by atoms with Crippen molar-refractivity contribution in [2.75, 3.05) is 25.3 Å². The Kier molecular flexibility index (Phi) is 4.10. The Morgan fingerprint density at radius 1 is 1.05 bits per heavy atom. The van der Waals surface area contributed by atoms with Crippen LogP contribution in [-0.2, 0) is 0 Å². The van der Waals surface area contributed by atoms with Crippen LogP contribution in [0, 0.1) is 0 Å². The number of carbonyl (C=O) groups is 1. The molecule has 3 N–H and O–H groups in total. The number of amides is 1. The average molecular weight is 272 g/mol. The van der Waals surface area contributed by atoms with Gasteiger partial charge >= 0.3 is 0 Å². The molecule has 1 amide bonds. The van der Waals surface area contributed by atoms with Crippen molar-refractivity contribution in [2.24, 2.45) is 0 Å². The van der Waals surface area contributed by atoms with Gasteiger partial charge < -0.3 is 20.5 Å². The van der Waals surface area contributed by atoms with E-state index in [2.05, 4.69) is 5.32 Å². The van der Waals surface area contributed by atoms with Gasteiger partial charge in [0, 0.05) is 11.8 Å². The molecule has 104 valence electrons. The minimum absolute atomic E-state index is 0.286. The second kappa shape index (κ2) is 5.97. The van der Waals surface area contributed by atoms with Crippen molar-refractivity contribution in [1.29, 1.82) is 0 Å². The van der Waals surface area contributed by atoms with E-state index in [0.717, 1.165) is 0 Å². The molecule has 0 aliphatic heterocycles. The molecule has 0 bridgehead atoms. The highest BCUT2D eigenvalue weighted by molar-refractivity contribution is 6.07. The van der Waals surface area contributed by atoms with Crippen LogP contribution in [0.3, 0.4) is 0 Å². The zero-order chi connectivity index (χ0) is 14.5. The Hall–Kier alpha value is -2.69. The number of rotatable bonds is 4. The third-order valence-corrected chi connectivity index (χ3v) is 2.83. The second-order valence-electron chi connectivity index (χ2n) is 4.11. The standard InChI is InChI=1S/C15H16N2O3/c1-19-13-6-4-3-5-12(13)17-15(18)11-8-7-10(16)9-14(11)20-2/h3-9H,16H2,1-2H3,(H,17,18). The highest BCUT2D eigenvalue weighted by Crippen LogP contribution is 2.26. The lowest BCUT2D eigenvalue weighted by molar-refractivity contribution is 0.102. The molecule has 0 aliphatic rings. The van der Waals surface area contributed by atoms with Gasteiger partial charge in [-0.05, 0) is 24.3 Å². The van der Waals surface area contributed by atoms with Crippen molar-refractivity contribution in [3.05, 3.63) is 48.0 Å². The van der Waals surface area contributed by atoms with Gasteiger partial charge in [0.05, 0.1) is 25.5 Å². The first-order chi connectivity index (χ1) is 9.65. The first kappa shape index (κ1) is 13.7. The van der Waals surface area contributed by atoms with E-state index < -0.39 is 0 Å². The van der Waals surface area contributed by atoms with Gasteiger partial charge in [-0.25, -0.2) is 0 Å². The lowest BCUT2D eigenvalue weighted by atomic mass is 10.1. The number of benzene rings is 2. The average Bonchev–Trinajstić information content (AvgIpc) is 2.47. The number of nitrogen functional groups attached to an aromatic ring is 1. The van der Waals surface area contributed by atoms with Gasteiger partial charge in [0.25, 0.3) is 5.91 Å². The molecule has 0 unspecified atom stereocenters. The molecule has 0 radical (unpaired) electrons. The fourth-order valence-corrected chi connectivity index (χ4v) is 1.83. The van der Waals surface area contributed by atoms with Crippen LogP contribution < -0.4 is 20.5 Å². The van der Waals surface area contributed by atoms with E-state index in [9.17, 15) is 4.79 Å². The lowest BCUT2D eigenvalue weighted by Crippen LogP contribution is -2.14. The summed E-state index contributed by atoms with van der Waals surface area (Å²) in [4.78, 5) is 12.3. The Morgan fingerprint density at radius 2 is 1.75 bits per heavy atom. The second-order valence-corrected chi connectivity index (χ2v) is 4.11. The number of carbonyl (C=O) groups excluding carboxylic acids is 1. The summed E-state index contributed by atoms with van der Waals surface area (Å²) in [5.41, 5.74) is 7.21. The van der Waals surface area contributed by atoms with E-state index in [1.54, 1.807) is 37.4 Å². The fraction of sp³-hybridized carbons (Fsp3) is 0.133. The van der Waals surface area contributed by atoms with Crippen molar-refractivity contribution in [3.63, 3.8) is 0 Å². The molecule has 0 saturated carbocycles. The summed E-state index contributed by atoms with van der Waals surface area (Å²) in [5.74, 6) is 0.735. The number of methoxy groups -OCH3 is 2. The molecule has 0 heterocycles. The van der Waals surface area contributed by atoms with E-state index in [0.29, 0.717) is 28.4 Å². The van der Waals surface area contributed by atoms with E-state index in [1.807, 2.05) is 12.1 Å². The summed E-state index contributed by atoms with van der Waals surface area (Å²) in [6.07, 6.45) is 0. The van der Waals surface area contributed by atoms with Crippen molar-refractivity contribution in [1.82, 2.24) is 0 Å². The van der Waals surface area contributed by atoms with Gasteiger partial charge in [-0.3, -0.25) is 4.79 Å². The van der Waals surface area contributed by atoms with Gasteiger partial charge in [0.2, 0.25) is 0 Å². The van der Waals surface area contributed by atoms with E-state index >= 15 is 0 Å². The van der Waals surface area contributed by atoms with Crippen LogP contribution in [-0.4, -0.2) is 20.1 Å². The molecule has 0 saturated heterocycles. The maximum Gasteiger partial charge on any atom is 0.259 e. The van der Waals surface area contributed by atoms with Crippen LogP contribution in [0.4, 0.5) is 11.4 Å². The summed E-state index contributed by atoms with van der Waals surface area (Å²) in [5, 5.41) is 2.79. The van der Waals surface area contributed by atoms with Gasteiger partial charge in [-0.1, -0.05) is 12.1 Å². The van der Waals surface area contributed by atoms with Gasteiger partial charge in [0.15, 0.2) is 0 Å². The number of nitrogens with one attached hydrogen (secondary N) is 1. The topological polar surface area (TPSA) is 73.6 Å². The van der Waals surface area contributed by atoms with Crippen molar-refractivity contribution < 1.29 is 14.3 Å². The lowest BCUT2D eigenvalue weighted by Gasteiger charge is -2.12. The molecule has 0 aromatic heterocycles. The molecular weight excluding hydrogens is 256 g/mol. The molecule has 0 spiro atoms. The summed E-state index contributed by atoms with van der Waals surface area (Å²) < 4.78 is 10.4. The summed E-state index contributed by atoms with van der Waals surface area (Å²) in [7, 11) is 3.05. The third-order valence-electron chi connectivity index (χ3n) is 2.83. The summed E-state index contributed by atoms with van der Waals surface area (Å²) in [6.45, 7) is 0.